The summed E-state index contributed by atoms with van der Waals surface area (Å²) in [6, 6.07) is 11.8. The quantitative estimate of drug-likeness (QED) is 0.743. The molecule has 0 bridgehead atoms. The van der Waals surface area contributed by atoms with Gasteiger partial charge in [0.2, 0.25) is 0 Å². The number of quaternary nitrogens is 1. The third-order valence-corrected chi connectivity index (χ3v) is 4.18. The first kappa shape index (κ1) is 19.7. The molecule has 5 nitrogen and oxygen atoms in total. The van der Waals surface area contributed by atoms with Crippen LogP contribution in [0.4, 0.5) is 11.4 Å². The van der Waals surface area contributed by atoms with Gasteiger partial charge in [0.25, 0.3) is 11.8 Å². The van der Waals surface area contributed by atoms with Crippen molar-refractivity contribution in [2.24, 2.45) is 0 Å². The lowest BCUT2D eigenvalue weighted by atomic mass is 10.1. The molecule has 2 amide bonds. The number of carbonyl (C=O) groups excluding carboxylic acids is 2. The summed E-state index contributed by atoms with van der Waals surface area (Å²) < 4.78 is 0. The molecule has 0 fully saturated rings. The summed E-state index contributed by atoms with van der Waals surface area (Å²) in [5.41, 5.74) is 5.92. The first-order chi connectivity index (χ1) is 12.2. The minimum absolute atomic E-state index is 0.0981. The maximum absolute atomic E-state index is 12.3. The molecule has 1 atom stereocenters. The second kappa shape index (κ2) is 8.63. The Hall–Kier alpha value is -2.66. The number of aryl methyl sites for hydroxylation is 4. The van der Waals surface area contributed by atoms with E-state index < -0.39 is 0 Å². The Morgan fingerprint density at radius 3 is 1.88 bits per heavy atom. The highest BCUT2D eigenvalue weighted by molar-refractivity contribution is 5.94. The fraction of sp³-hybridized carbons (Fsp3) is 0.333. The highest BCUT2D eigenvalue weighted by Crippen LogP contribution is 2.18. The fourth-order valence-electron chi connectivity index (χ4n) is 3.06. The normalized spacial score (nSPS) is 11.7. The summed E-state index contributed by atoms with van der Waals surface area (Å²) in [5.74, 6) is -0.202. The predicted octanol–water partition coefficient (Wildman–Crippen LogP) is 2.01. The van der Waals surface area contributed by atoms with Crippen molar-refractivity contribution in [2.45, 2.75) is 27.7 Å². The van der Waals surface area contributed by atoms with Crippen LogP contribution in [0.2, 0.25) is 0 Å². The molecule has 5 heteroatoms. The second-order valence-electron chi connectivity index (χ2n) is 7.05. The van der Waals surface area contributed by atoms with E-state index in [0.29, 0.717) is 0 Å². The molecular formula is C21H28N3O2+. The van der Waals surface area contributed by atoms with E-state index in [1.165, 1.54) is 0 Å². The molecule has 2 aromatic rings. The molecule has 0 spiro atoms. The molecule has 0 saturated carbocycles. The molecule has 0 aromatic heterocycles. The van der Waals surface area contributed by atoms with Crippen LogP contribution in [0, 0.1) is 27.7 Å². The zero-order valence-corrected chi connectivity index (χ0v) is 16.2. The van der Waals surface area contributed by atoms with Gasteiger partial charge in [-0.3, -0.25) is 9.59 Å². The van der Waals surface area contributed by atoms with Crippen LogP contribution in [-0.4, -0.2) is 32.0 Å². The van der Waals surface area contributed by atoms with Crippen molar-refractivity contribution in [3.05, 3.63) is 58.7 Å². The third-order valence-electron chi connectivity index (χ3n) is 4.18. The van der Waals surface area contributed by atoms with E-state index in [-0.39, 0.29) is 24.9 Å². The van der Waals surface area contributed by atoms with E-state index in [2.05, 4.69) is 16.7 Å². The van der Waals surface area contributed by atoms with Crippen molar-refractivity contribution >= 4 is 23.2 Å². The lowest BCUT2D eigenvalue weighted by Gasteiger charge is -2.16. The van der Waals surface area contributed by atoms with Gasteiger partial charge in [-0.15, -0.1) is 0 Å². The number of carbonyl (C=O) groups is 2. The molecule has 2 aromatic carbocycles. The van der Waals surface area contributed by atoms with Gasteiger partial charge in [0.1, 0.15) is 0 Å². The minimum atomic E-state index is -0.104. The summed E-state index contributed by atoms with van der Waals surface area (Å²) in [7, 11) is 1.84. The maximum atomic E-state index is 12.3. The van der Waals surface area contributed by atoms with E-state index in [4.69, 9.17) is 0 Å². The Balaban J connectivity index is 1.88. The van der Waals surface area contributed by atoms with Gasteiger partial charge in [0.05, 0.1) is 7.05 Å². The molecule has 1 unspecified atom stereocenters. The number of para-hydroxylation sites is 1. The number of rotatable bonds is 6. The zero-order valence-electron chi connectivity index (χ0n) is 16.2. The van der Waals surface area contributed by atoms with E-state index in [1.54, 1.807) is 0 Å². The van der Waals surface area contributed by atoms with Gasteiger partial charge >= 0.3 is 0 Å². The van der Waals surface area contributed by atoms with Gasteiger partial charge in [-0.2, -0.15) is 0 Å². The molecule has 0 aliphatic heterocycles. The Labute approximate surface area is 155 Å². The first-order valence-electron chi connectivity index (χ1n) is 8.80. The lowest BCUT2D eigenvalue weighted by molar-refractivity contribution is -0.862. The van der Waals surface area contributed by atoms with Crippen molar-refractivity contribution in [3.63, 3.8) is 0 Å². The Morgan fingerprint density at radius 1 is 0.846 bits per heavy atom. The van der Waals surface area contributed by atoms with Crippen molar-refractivity contribution < 1.29 is 14.5 Å². The maximum Gasteiger partial charge on any atom is 0.279 e. The van der Waals surface area contributed by atoms with E-state index in [9.17, 15) is 9.59 Å². The summed E-state index contributed by atoms with van der Waals surface area (Å²) in [5, 5.41) is 5.86. The lowest BCUT2D eigenvalue weighted by Crippen LogP contribution is -3.11. The van der Waals surface area contributed by atoms with Crippen molar-refractivity contribution in [1.29, 1.82) is 0 Å². The van der Waals surface area contributed by atoms with Gasteiger partial charge in [0, 0.05) is 11.4 Å². The number of hydrogen-bond acceptors (Lipinski definition) is 2. The molecule has 3 N–H and O–H groups in total. The Kier molecular flexibility index (Phi) is 6.52. The molecule has 2 rings (SSSR count). The van der Waals surface area contributed by atoms with Crippen LogP contribution in [0.3, 0.4) is 0 Å². The second-order valence-corrected chi connectivity index (χ2v) is 7.05. The Morgan fingerprint density at radius 2 is 1.35 bits per heavy atom. The molecule has 0 saturated heterocycles. The number of anilines is 2. The van der Waals surface area contributed by atoms with Crippen LogP contribution in [0.1, 0.15) is 22.3 Å². The van der Waals surface area contributed by atoms with Crippen molar-refractivity contribution in [3.8, 4) is 0 Å². The van der Waals surface area contributed by atoms with E-state index in [1.807, 2.05) is 65.1 Å². The fourth-order valence-corrected chi connectivity index (χ4v) is 3.06. The van der Waals surface area contributed by atoms with Crippen molar-refractivity contribution in [2.75, 3.05) is 30.8 Å². The van der Waals surface area contributed by atoms with E-state index in [0.717, 1.165) is 38.5 Å². The van der Waals surface area contributed by atoms with Crippen LogP contribution in [0.15, 0.2) is 36.4 Å². The molecular weight excluding hydrogens is 326 g/mol. The summed E-state index contributed by atoms with van der Waals surface area (Å²) in [4.78, 5) is 25.4. The standard InChI is InChI=1S/C21H27N3O2/c1-14-9-15(2)11-18(10-14)22-19(25)12-24(5)13-20(26)23-21-16(3)7-6-8-17(21)4/h6-11H,12-13H2,1-5H3,(H,22,25)(H,23,26)/p+1. The van der Waals surface area contributed by atoms with Crippen molar-refractivity contribution in [1.82, 2.24) is 0 Å². The van der Waals surface area contributed by atoms with Crippen LogP contribution < -0.4 is 15.5 Å². The average molecular weight is 354 g/mol. The smallest absolute Gasteiger partial charge is 0.279 e. The Bertz CT molecular complexity index is 774. The van der Waals surface area contributed by atoms with Crippen LogP contribution in [-0.2, 0) is 9.59 Å². The van der Waals surface area contributed by atoms with Crippen LogP contribution >= 0.6 is 0 Å². The minimum Gasteiger partial charge on any atom is -0.322 e. The largest absolute Gasteiger partial charge is 0.322 e. The SMILES string of the molecule is Cc1cc(C)cc(NC(=O)C[NH+](C)CC(=O)Nc2c(C)cccc2C)c1. The number of amides is 2. The summed E-state index contributed by atoms with van der Waals surface area (Å²) >= 11 is 0. The number of benzene rings is 2. The third kappa shape index (κ3) is 5.70. The topological polar surface area (TPSA) is 62.6 Å². The molecule has 138 valence electrons. The monoisotopic (exact) mass is 354 g/mol. The van der Waals surface area contributed by atoms with Crippen LogP contribution in [0.5, 0.6) is 0 Å². The highest BCUT2D eigenvalue weighted by atomic mass is 16.2. The molecule has 0 radical (unpaired) electrons. The summed E-state index contributed by atoms with van der Waals surface area (Å²) in [6.07, 6.45) is 0. The number of likely N-dealkylation sites (N-methyl/N-ethyl adjacent to an activating group) is 1. The van der Waals surface area contributed by atoms with Gasteiger partial charge < -0.3 is 15.5 Å². The number of hydrogen-bond donors (Lipinski definition) is 3. The summed E-state index contributed by atoms with van der Waals surface area (Å²) in [6.45, 7) is 8.39. The molecule has 26 heavy (non-hydrogen) atoms. The zero-order chi connectivity index (χ0) is 19.3. The number of nitrogens with one attached hydrogen (secondary N) is 3. The molecule has 0 heterocycles. The first-order valence-corrected chi connectivity index (χ1v) is 8.80. The molecule has 0 aliphatic carbocycles. The van der Waals surface area contributed by atoms with E-state index >= 15 is 0 Å². The van der Waals surface area contributed by atoms with Crippen LogP contribution in [0.25, 0.3) is 0 Å². The van der Waals surface area contributed by atoms with Gasteiger partial charge in [-0.05, 0) is 62.1 Å². The highest BCUT2D eigenvalue weighted by Gasteiger charge is 2.16. The molecule has 0 aliphatic rings. The average Bonchev–Trinajstić information content (AvgIpc) is 2.49. The van der Waals surface area contributed by atoms with Gasteiger partial charge in [0.15, 0.2) is 13.1 Å². The predicted molar refractivity (Wildman–Crippen MR) is 106 cm³/mol. The van der Waals surface area contributed by atoms with Gasteiger partial charge in [-0.25, -0.2) is 0 Å². The van der Waals surface area contributed by atoms with Gasteiger partial charge in [-0.1, -0.05) is 24.3 Å².